The molecule has 0 aromatic heterocycles. The van der Waals surface area contributed by atoms with Crippen molar-refractivity contribution in [3.8, 4) is 5.75 Å². The number of carbonyl (C=O) groups excluding carboxylic acids is 2. The molecular formula is C19H20N4O3S. The van der Waals surface area contributed by atoms with Gasteiger partial charge in [0.25, 0.3) is 5.91 Å². The summed E-state index contributed by atoms with van der Waals surface area (Å²) < 4.78 is 5.20. The molecular weight excluding hydrogens is 364 g/mol. The van der Waals surface area contributed by atoms with Gasteiger partial charge in [-0.1, -0.05) is 42.5 Å². The van der Waals surface area contributed by atoms with Gasteiger partial charge >= 0.3 is 6.03 Å². The number of hydrogen-bond acceptors (Lipinski definition) is 4. The zero-order valence-electron chi connectivity index (χ0n) is 15.0. The third kappa shape index (κ3) is 3.85. The molecule has 1 fully saturated rings. The van der Waals surface area contributed by atoms with E-state index in [1.165, 1.54) is 0 Å². The largest absolute Gasteiger partial charge is 0.497 e. The molecule has 3 rings (SSSR count). The predicted octanol–water partition coefficient (Wildman–Crippen LogP) is 2.04. The highest BCUT2D eigenvalue weighted by Crippen LogP contribution is 2.30. The van der Waals surface area contributed by atoms with E-state index < -0.39 is 17.5 Å². The lowest BCUT2D eigenvalue weighted by Gasteiger charge is -2.23. The zero-order chi connectivity index (χ0) is 19.4. The van der Waals surface area contributed by atoms with E-state index in [4.69, 9.17) is 17.0 Å². The first-order chi connectivity index (χ1) is 12.9. The standard InChI is InChI=1S/C19H20N4O3S/c1-19(14-9-6-10-15(11-14)26-2)16(24)23(18(25)21-19)22-17(27)20-12-13-7-4-3-5-8-13/h3-11H,12H2,1-2H3,(H,21,25)(H2,20,22,27)/t19-/m0/s1. The molecule has 0 radical (unpaired) electrons. The van der Waals surface area contributed by atoms with Gasteiger partial charge in [-0.15, -0.1) is 0 Å². The fourth-order valence-corrected chi connectivity index (χ4v) is 2.95. The maximum atomic E-state index is 12.9. The molecule has 0 spiro atoms. The third-order valence-electron chi connectivity index (χ3n) is 4.35. The highest BCUT2D eigenvalue weighted by molar-refractivity contribution is 7.80. The number of imide groups is 1. The number of ether oxygens (including phenoxy) is 1. The minimum atomic E-state index is -1.21. The average molecular weight is 384 g/mol. The van der Waals surface area contributed by atoms with E-state index in [9.17, 15) is 9.59 Å². The lowest BCUT2D eigenvalue weighted by molar-refractivity contribution is -0.132. The Bertz CT molecular complexity index is 874. The number of hydrazine groups is 1. The number of nitrogens with zero attached hydrogens (tertiary/aromatic N) is 1. The van der Waals surface area contributed by atoms with E-state index >= 15 is 0 Å². The monoisotopic (exact) mass is 384 g/mol. The van der Waals surface area contributed by atoms with Crippen LogP contribution in [0, 0.1) is 0 Å². The van der Waals surface area contributed by atoms with Crippen LogP contribution in [-0.4, -0.2) is 29.2 Å². The molecule has 0 saturated carbocycles. The first kappa shape index (κ1) is 18.7. The second-order valence-corrected chi connectivity index (χ2v) is 6.62. The van der Waals surface area contributed by atoms with E-state index in [1.807, 2.05) is 30.3 Å². The molecule has 3 amide bonds. The van der Waals surface area contributed by atoms with Crippen molar-refractivity contribution in [2.45, 2.75) is 19.0 Å². The number of benzene rings is 2. The third-order valence-corrected chi connectivity index (χ3v) is 4.58. The van der Waals surface area contributed by atoms with E-state index in [0.29, 0.717) is 17.9 Å². The Morgan fingerprint density at radius 2 is 1.93 bits per heavy atom. The van der Waals surface area contributed by atoms with Crippen molar-refractivity contribution < 1.29 is 14.3 Å². The first-order valence-corrected chi connectivity index (χ1v) is 8.74. The van der Waals surface area contributed by atoms with Crippen molar-refractivity contribution in [2.75, 3.05) is 7.11 Å². The summed E-state index contributed by atoms with van der Waals surface area (Å²) in [7, 11) is 1.54. The number of amides is 3. The fourth-order valence-electron chi connectivity index (χ4n) is 2.79. The molecule has 27 heavy (non-hydrogen) atoms. The molecule has 0 aliphatic carbocycles. The Morgan fingerprint density at radius 1 is 1.19 bits per heavy atom. The zero-order valence-corrected chi connectivity index (χ0v) is 15.8. The summed E-state index contributed by atoms with van der Waals surface area (Å²) >= 11 is 5.21. The molecule has 1 aliphatic rings. The van der Waals surface area contributed by atoms with Crippen LogP contribution in [0.3, 0.4) is 0 Å². The number of methoxy groups -OCH3 is 1. The summed E-state index contributed by atoms with van der Waals surface area (Å²) in [6.07, 6.45) is 0. The molecule has 140 valence electrons. The Hall–Kier alpha value is -3.13. The molecule has 7 nitrogen and oxygen atoms in total. The van der Waals surface area contributed by atoms with Crippen molar-refractivity contribution >= 4 is 29.3 Å². The van der Waals surface area contributed by atoms with Gasteiger partial charge in [-0.25, -0.2) is 4.79 Å². The number of thiocarbonyl (C=S) groups is 1. The summed E-state index contributed by atoms with van der Waals surface area (Å²) in [5.41, 5.74) is 3.09. The summed E-state index contributed by atoms with van der Waals surface area (Å²) in [6, 6.07) is 16.1. The Morgan fingerprint density at radius 3 is 2.63 bits per heavy atom. The maximum absolute atomic E-state index is 12.9. The molecule has 1 aliphatic heterocycles. The smallest absolute Gasteiger partial charge is 0.344 e. The van der Waals surface area contributed by atoms with Gasteiger partial charge < -0.3 is 15.4 Å². The second-order valence-electron chi connectivity index (χ2n) is 6.21. The SMILES string of the molecule is COc1cccc([C@]2(C)NC(=O)N(NC(=S)NCc3ccccc3)C2=O)c1. The van der Waals surface area contributed by atoms with Crippen LogP contribution in [-0.2, 0) is 16.9 Å². The van der Waals surface area contributed by atoms with Gasteiger partial charge in [-0.2, -0.15) is 5.01 Å². The van der Waals surface area contributed by atoms with Crippen LogP contribution in [0.2, 0.25) is 0 Å². The molecule has 1 atom stereocenters. The predicted molar refractivity (Wildman–Crippen MR) is 105 cm³/mol. The van der Waals surface area contributed by atoms with E-state index in [-0.39, 0.29) is 5.11 Å². The highest BCUT2D eigenvalue weighted by Gasteiger charge is 2.49. The van der Waals surface area contributed by atoms with Gasteiger partial charge in [0, 0.05) is 6.54 Å². The van der Waals surface area contributed by atoms with Crippen molar-refractivity contribution in [3.05, 3.63) is 65.7 Å². The van der Waals surface area contributed by atoms with Crippen LogP contribution in [0.15, 0.2) is 54.6 Å². The van der Waals surface area contributed by atoms with Gasteiger partial charge in [0.05, 0.1) is 7.11 Å². The van der Waals surface area contributed by atoms with Crippen LogP contribution in [0.4, 0.5) is 4.79 Å². The molecule has 1 saturated heterocycles. The van der Waals surface area contributed by atoms with Gasteiger partial charge in [-0.05, 0) is 42.4 Å². The number of hydrogen-bond donors (Lipinski definition) is 3. The lowest BCUT2D eigenvalue weighted by atomic mass is 9.92. The minimum Gasteiger partial charge on any atom is -0.497 e. The molecule has 1 heterocycles. The second kappa shape index (κ2) is 7.63. The maximum Gasteiger partial charge on any atom is 0.344 e. The molecule has 3 N–H and O–H groups in total. The summed E-state index contributed by atoms with van der Waals surface area (Å²) in [4.78, 5) is 25.3. The molecule has 0 unspecified atom stereocenters. The minimum absolute atomic E-state index is 0.178. The van der Waals surface area contributed by atoms with Crippen LogP contribution in [0.5, 0.6) is 5.75 Å². The van der Waals surface area contributed by atoms with Gasteiger partial charge in [0.15, 0.2) is 5.11 Å². The van der Waals surface area contributed by atoms with E-state index in [2.05, 4.69) is 16.1 Å². The summed E-state index contributed by atoms with van der Waals surface area (Å²) in [5, 5.41) is 6.75. The highest BCUT2D eigenvalue weighted by atomic mass is 32.1. The number of urea groups is 1. The molecule has 8 heteroatoms. The van der Waals surface area contributed by atoms with Crippen molar-refractivity contribution in [3.63, 3.8) is 0 Å². The van der Waals surface area contributed by atoms with Crippen LogP contribution in [0.25, 0.3) is 0 Å². The van der Waals surface area contributed by atoms with Crippen LogP contribution in [0.1, 0.15) is 18.1 Å². The van der Waals surface area contributed by atoms with E-state index in [1.54, 1.807) is 38.3 Å². The Kier molecular flexibility index (Phi) is 5.27. The Labute approximate surface area is 162 Å². The quantitative estimate of drug-likeness (QED) is 0.541. The van der Waals surface area contributed by atoms with E-state index in [0.717, 1.165) is 10.6 Å². The average Bonchev–Trinajstić information content (AvgIpc) is 2.91. The van der Waals surface area contributed by atoms with Crippen molar-refractivity contribution in [1.29, 1.82) is 0 Å². The molecule has 2 aromatic rings. The van der Waals surface area contributed by atoms with Crippen LogP contribution < -0.4 is 20.8 Å². The summed E-state index contributed by atoms with van der Waals surface area (Å²) in [5.74, 6) is 0.145. The van der Waals surface area contributed by atoms with Gasteiger partial charge in [0.1, 0.15) is 11.3 Å². The topological polar surface area (TPSA) is 82.7 Å². The summed E-state index contributed by atoms with van der Waals surface area (Å²) in [6.45, 7) is 2.12. The number of nitrogens with one attached hydrogen (secondary N) is 3. The molecule has 0 bridgehead atoms. The van der Waals surface area contributed by atoms with Gasteiger partial charge in [0.2, 0.25) is 0 Å². The van der Waals surface area contributed by atoms with Crippen molar-refractivity contribution in [1.82, 2.24) is 21.1 Å². The lowest BCUT2D eigenvalue weighted by Crippen LogP contribution is -2.51. The Balaban J connectivity index is 1.69. The first-order valence-electron chi connectivity index (χ1n) is 8.33. The number of carbonyl (C=O) groups is 2. The molecule has 2 aromatic carbocycles. The fraction of sp³-hybridized carbons (Fsp3) is 0.211. The van der Waals surface area contributed by atoms with Gasteiger partial charge in [-0.3, -0.25) is 10.2 Å². The number of rotatable bonds is 5. The van der Waals surface area contributed by atoms with Crippen LogP contribution >= 0.6 is 12.2 Å². The normalized spacial score (nSPS) is 18.8. The van der Waals surface area contributed by atoms with Crippen molar-refractivity contribution in [2.24, 2.45) is 0 Å².